The van der Waals surface area contributed by atoms with Gasteiger partial charge in [0.15, 0.2) is 6.10 Å². The summed E-state index contributed by atoms with van der Waals surface area (Å²) in [5.41, 5.74) is 1.16. The van der Waals surface area contributed by atoms with Crippen molar-refractivity contribution in [2.75, 3.05) is 13.2 Å². The second-order valence-electron chi connectivity index (χ2n) is 5.44. The van der Waals surface area contributed by atoms with E-state index in [2.05, 4.69) is 0 Å². The number of rotatable bonds is 4. The summed E-state index contributed by atoms with van der Waals surface area (Å²) < 4.78 is 5.70. The number of aryl methyl sites for hydroxylation is 1. The molecular weight excluding hydrogens is 254 g/mol. The van der Waals surface area contributed by atoms with Crippen LogP contribution in [-0.2, 0) is 4.79 Å². The highest BCUT2D eigenvalue weighted by Gasteiger charge is 2.30. The van der Waals surface area contributed by atoms with Crippen LogP contribution in [0.1, 0.15) is 31.7 Å². The third-order valence-corrected chi connectivity index (χ3v) is 3.80. The SMILES string of the molecule is Cc1ccc(OC(C)C(=O)N2CCCCC2CO)cc1. The van der Waals surface area contributed by atoms with Gasteiger partial charge in [-0.05, 0) is 45.2 Å². The summed E-state index contributed by atoms with van der Waals surface area (Å²) in [6.45, 7) is 4.53. The first kappa shape index (κ1) is 14.9. The van der Waals surface area contributed by atoms with E-state index in [1.54, 1.807) is 11.8 Å². The molecule has 0 saturated carbocycles. The fourth-order valence-electron chi connectivity index (χ4n) is 2.59. The lowest BCUT2D eigenvalue weighted by atomic mass is 10.0. The van der Waals surface area contributed by atoms with Crippen molar-refractivity contribution >= 4 is 5.91 Å². The molecule has 1 N–H and O–H groups in total. The molecule has 20 heavy (non-hydrogen) atoms. The zero-order chi connectivity index (χ0) is 14.5. The van der Waals surface area contributed by atoms with Crippen molar-refractivity contribution < 1.29 is 14.6 Å². The van der Waals surface area contributed by atoms with Gasteiger partial charge in [-0.15, -0.1) is 0 Å². The molecule has 4 nitrogen and oxygen atoms in total. The molecule has 2 unspecified atom stereocenters. The van der Waals surface area contributed by atoms with Crippen molar-refractivity contribution in [1.82, 2.24) is 4.90 Å². The molecule has 4 heteroatoms. The number of aliphatic hydroxyl groups is 1. The minimum absolute atomic E-state index is 0.0307. The van der Waals surface area contributed by atoms with Gasteiger partial charge in [-0.1, -0.05) is 17.7 Å². The third kappa shape index (κ3) is 3.51. The van der Waals surface area contributed by atoms with Gasteiger partial charge < -0.3 is 14.7 Å². The predicted octanol–water partition coefficient (Wildman–Crippen LogP) is 2.14. The van der Waals surface area contributed by atoms with E-state index in [1.807, 2.05) is 31.2 Å². The lowest BCUT2D eigenvalue weighted by Crippen LogP contribution is -2.50. The van der Waals surface area contributed by atoms with Crippen molar-refractivity contribution in [3.8, 4) is 5.75 Å². The van der Waals surface area contributed by atoms with Gasteiger partial charge in [0.25, 0.3) is 5.91 Å². The summed E-state index contributed by atoms with van der Waals surface area (Å²) in [4.78, 5) is 14.2. The molecule has 110 valence electrons. The van der Waals surface area contributed by atoms with Crippen LogP contribution in [0.4, 0.5) is 0 Å². The van der Waals surface area contributed by atoms with E-state index in [1.165, 1.54) is 0 Å². The third-order valence-electron chi connectivity index (χ3n) is 3.80. The maximum atomic E-state index is 12.4. The molecule has 0 aliphatic carbocycles. The van der Waals surface area contributed by atoms with Crippen molar-refractivity contribution in [2.45, 2.75) is 45.3 Å². The summed E-state index contributed by atoms with van der Waals surface area (Å²) in [5, 5.41) is 9.38. The van der Waals surface area contributed by atoms with E-state index in [0.29, 0.717) is 12.3 Å². The molecule has 1 aromatic rings. The summed E-state index contributed by atoms with van der Waals surface area (Å²) in [5.74, 6) is 0.665. The smallest absolute Gasteiger partial charge is 0.263 e. The average Bonchev–Trinajstić information content (AvgIpc) is 2.48. The summed E-state index contributed by atoms with van der Waals surface area (Å²) in [6.07, 6.45) is 2.42. The van der Waals surface area contributed by atoms with E-state index in [9.17, 15) is 9.90 Å². The normalized spacial score (nSPS) is 20.6. The zero-order valence-corrected chi connectivity index (χ0v) is 12.2. The molecule has 1 saturated heterocycles. The minimum Gasteiger partial charge on any atom is -0.481 e. The number of hydrogen-bond donors (Lipinski definition) is 1. The number of carbonyl (C=O) groups excluding carboxylic acids is 1. The summed E-state index contributed by atoms with van der Waals surface area (Å²) in [7, 11) is 0. The Morgan fingerprint density at radius 1 is 1.40 bits per heavy atom. The first-order chi connectivity index (χ1) is 9.61. The molecule has 0 bridgehead atoms. The summed E-state index contributed by atoms with van der Waals surface area (Å²) in [6, 6.07) is 7.62. The maximum absolute atomic E-state index is 12.4. The number of benzene rings is 1. The standard InChI is InChI=1S/C16H23NO3/c1-12-6-8-15(9-7-12)20-13(2)16(19)17-10-4-3-5-14(17)11-18/h6-9,13-14,18H,3-5,10-11H2,1-2H3. The second-order valence-corrected chi connectivity index (χ2v) is 5.44. The number of hydrogen-bond acceptors (Lipinski definition) is 3. The van der Waals surface area contributed by atoms with Gasteiger partial charge in [-0.3, -0.25) is 4.79 Å². The number of aliphatic hydroxyl groups excluding tert-OH is 1. The fraction of sp³-hybridized carbons (Fsp3) is 0.562. The molecule has 2 atom stereocenters. The van der Waals surface area contributed by atoms with Gasteiger partial charge in [-0.25, -0.2) is 0 Å². The molecule has 1 heterocycles. The van der Waals surface area contributed by atoms with Gasteiger partial charge in [0.05, 0.1) is 12.6 Å². The van der Waals surface area contributed by atoms with E-state index >= 15 is 0 Å². The molecular formula is C16H23NO3. The Hall–Kier alpha value is -1.55. The zero-order valence-electron chi connectivity index (χ0n) is 12.2. The van der Waals surface area contributed by atoms with Crippen LogP contribution in [0, 0.1) is 6.92 Å². The fourth-order valence-corrected chi connectivity index (χ4v) is 2.59. The number of ether oxygens (including phenoxy) is 1. The van der Waals surface area contributed by atoms with Crippen molar-refractivity contribution in [3.05, 3.63) is 29.8 Å². The molecule has 1 amide bonds. The van der Waals surface area contributed by atoms with Crippen LogP contribution >= 0.6 is 0 Å². The van der Waals surface area contributed by atoms with Crippen LogP contribution < -0.4 is 4.74 Å². The highest BCUT2D eigenvalue weighted by atomic mass is 16.5. The molecule has 0 spiro atoms. The van der Waals surface area contributed by atoms with Gasteiger partial charge >= 0.3 is 0 Å². The number of nitrogens with zero attached hydrogens (tertiary/aromatic N) is 1. The van der Waals surface area contributed by atoms with E-state index in [-0.39, 0.29) is 18.6 Å². The first-order valence-electron chi connectivity index (χ1n) is 7.26. The Morgan fingerprint density at radius 3 is 2.75 bits per heavy atom. The highest BCUT2D eigenvalue weighted by molar-refractivity contribution is 5.81. The van der Waals surface area contributed by atoms with E-state index < -0.39 is 6.10 Å². The first-order valence-corrected chi connectivity index (χ1v) is 7.26. The van der Waals surface area contributed by atoms with Gasteiger partial charge in [0.2, 0.25) is 0 Å². The van der Waals surface area contributed by atoms with Crippen LogP contribution in [0.3, 0.4) is 0 Å². The van der Waals surface area contributed by atoms with Gasteiger partial charge in [0, 0.05) is 6.54 Å². The van der Waals surface area contributed by atoms with Crippen LogP contribution in [0.2, 0.25) is 0 Å². The molecule has 1 aliphatic heterocycles. The molecule has 1 fully saturated rings. The number of likely N-dealkylation sites (tertiary alicyclic amines) is 1. The van der Waals surface area contributed by atoms with Crippen LogP contribution in [0.15, 0.2) is 24.3 Å². The second kappa shape index (κ2) is 6.75. The Morgan fingerprint density at radius 2 is 2.10 bits per heavy atom. The highest BCUT2D eigenvalue weighted by Crippen LogP contribution is 2.20. The number of carbonyl (C=O) groups is 1. The van der Waals surface area contributed by atoms with Crippen molar-refractivity contribution in [1.29, 1.82) is 0 Å². The molecule has 1 aliphatic rings. The van der Waals surface area contributed by atoms with Crippen LogP contribution in [-0.4, -0.2) is 41.2 Å². The van der Waals surface area contributed by atoms with E-state index in [4.69, 9.17) is 4.74 Å². The Kier molecular flexibility index (Phi) is 5.01. The summed E-state index contributed by atoms with van der Waals surface area (Å²) >= 11 is 0. The Labute approximate surface area is 120 Å². The van der Waals surface area contributed by atoms with Crippen molar-refractivity contribution in [3.63, 3.8) is 0 Å². The predicted molar refractivity (Wildman–Crippen MR) is 77.7 cm³/mol. The lowest BCUT2D eigenvalue weighted by Gasteiger charge is -2.36. The molecule has 1 aromatic carbocycles. The lowest BCUT2D eigenvalue weighted by molar-refractivity contribution is -0.142. The topological polar surface area (TPSA) is 49.8 Å². The van der Waals surface area contributed by atoms with Crippen LogP contribution in [0.5, 0.6) is 5.75 Å². The Bertz CT molecular complexity index is 444. The largest absolute Gasteiger partial charge is 0.481 e. The quantitative estimate of drug-likeness (QED) is 0.917. The van der Waals surface area contributed by atoms with E-state index in [0.717, 1.165) is 24.8 Å². The maximum Gasteiger partial charge on any atom is 0.263 e. The number of piperidine rings is 1. The molecule has 2 rings (SSSR count). The molecule has 0 aromatic heterocycles. The average molecular weight is 277 g/mol. The Balaban J connectivity index is 1.98. The minimum atomic E-state index is -0.523. The van der Waals surface area contributed by atoms with Gasteiger partial charge in [0.1, 0.15) is 5.75 Å². The number of amides is 1. The van der Waals surface area contributed by atoms with Crippen LogP contribution in [0.25, 0.3) is 0 Å². The monoisotopic (exact) mass is 277 g/mol. The van der Waals surface area contributed by atoms with Crippen molar-refractivity contribution in [2.24, 2.45) is 0 Å². The van der Waals surface area contributed by atoms with Gasteiger partial charge in [-0.2, -0.15) is 0 Å². The molecule has 0 radical (unpaired) electrons.